The first-order chi connectivity index (χ1) is 9.08. The predicted octanol–water partition coefficient (Wildman–Crippen LogP) is 3.06. The van der Waals surface area contributed by atoms with Gasteiger partial charge in [-0.25, -0.2) is 4.98 Å². The molecule has 19 heavy (non-hydrogen) atoms. The number of amides is 1. The molecule has 0 unspecified atom stereocenters. The van der Waals surface area contributed by atoms with Gasteiger partial charge in [-0.05, 0) is 17.7 Å². The van der Waals surface area contributed by atoms with E-state index in [0.29, 0.717) is 22.3 Å². The summed E-state index contributed by atoms with van der Waals surface area (Å²) in [6, 6.07) is 5.28. The summed E-state index contributed by atoms with van der Waals surface area (Å²) in [6.45, 7) is 0.423. The lowest BCUT2D eigenvalue weighted by molar-refractivity contribution is 0.0779. The molecule has 4 nitrogen and oxygen atoms in total. The number of nitrogens with zero attached hydrogens (tertiary/aromatic N) is 3. The standard InChI is InChI=1S/C13H11Cl2N3O/c1-18(13(19)12-7-16-4-5-17-12)8-9-2-3-10(14)11(15)6-9/h2-7H,8H2,1H3. The zero-order chi connectivity index (χ0) is 13.8. The summed E-state index contributed by atoms with van der Waals surface area (Å²) in [5.41, 5.74) is 1.21. The van der Waals surface area contributed by atoms with E-state index in [9.17, 15) is 4.79 Å². The van der Waals surface area contributed by atoms with Crippen LogP contribution in [0.4, 0.5) is 0 Å². The second-order valence-electron chi connectivity index (χ2n) is 4.00. The second kappa shape index (κ2) is 5.99. The summed E-state index contributed by atoms with van der Waals surface area (Å²) < 4.78 is 0. The van der Waals surface area contributed by atoms with Crippen LogP contribution in [0.25, 0.3) is 0 Å². The maximum Gasteiger partial charge on any atom is 0.274 e. The highest BCUT2D eigenvalue weighted by molar-refractivity contribution is 6.42. The van der Waals surface area contributed by atoms with E-state index in [1.165, 1.54) is 18.6 Å². The third-order valence-corrected chi connectivity index (χ3v) is 3.27. The van der Waals surface area contributed by atoms with Gasteiger partial charge in [0, 0.05) is 26.0 Å². The summed E-state index contributed by atoms with van der Waals surface area (Å²) in [7, 11) is 1.69. The van der Waals surface area contributed by atoms with Gasteiger partial charge in [0.05, 0.1) is 16.2 Å². The Labute approximate surface area is 121 Å². The second-order valence-corrected chi connectivity index (χ2v) is 4.81. The summed E-state index contributed by atoms with van der Waals surface area (Å²) in [5, 5.41) is 0.966. The minimum atomic E-state index is -0.195. The van der Waals surface area contributed by atoms with Crippen LogP contribution in [0.1, 0.15) is 16.1 Å². The van der Waals surface area contributed by atoms with Gasteiger partial charge in [0.25, 0.3) is 5.91 Å². The summed E-state index contributed by atoms with van der Waals surface area (Å²) >= 11 is 11.8. The number of aromatic nitrogens is 2. The van der Waals surface area contributed by atoms with Crippen LogP contribution in [0.3, 0.4) is 0 Å². The van der Waals surface area contributed by atoms with Gasteiger partial charge in [-0.3, -0.25) is 9.78 Å². The number of carbonyl (C=O) groups excluding carboxylic acids is 1. The molecule has 0 N–H and O–H groups in total. The Kier molecular flexibility index (Phi) is 4.35. The largest absolute Gasteiger partial charge is 0.336 e. The lowest BCUT2D eigenvalue weighted by Crippen LogP contribution is -2.27. The average molecular weight is 296 g/mol. The molecule has 0 saturated carbocycles. The normalized spacial score (nSPS) is 10.3. The molecular weight excluding hydrogens is 285 g/mol. The Morgan fingerprint density at radius 2 is 2.05 bits per heavy atom. The van der Waals surface area contributed by atoms with Crippen LogP contribution in [-0.2, 0) is 6.54 Å². The molecule has 0 aliphatic heterocycles. The lowest BCUT2D eigenvalue weighted by Gasteiger charge is -2.16. The molecule has 1 heterocycles. The molecule has 0 bridgehead atoms. The van der Waals surface area contributed by atoms with Crippen LogP contribution in [0.15, 0.2) is 36.8 Å². The van der Waals surface area contributed by atoms with E-state index in [4.69, 9.17) is 23.2 Å². The third kappa shape index (κ3) is 3.43. The van der Waals surface area contributed by atoms with Crippen LogP contribution in [0, 0.1) is 0 Å². The van der Waals surface area contributed by atoms with E-state index in [2.05, 4.69) is 9.97 Å². The highest BCUT2D eigenvalue weighted by Gasteiger charge is 2.13. The monoisotopic (exact) mass is 295 g/mol. The van der Waals surface area contributed by atoms with Gasteiger partial charge in [0.1, 0.15) is 5.69 Å². The molecule has 1 aromatic carbocycles. The van der Waals surface area contributed by atoms with Crippen molar-refractivity contribution in [1.82, 2.24) is 14.9 Å². The Morgan fingerprint density at radius 3 is 2.68 bits per heavy atom. The third-order valence-electron chi connectivity index (χ3n) is 2.53. The molecule has 0 saturated heterocycles. The van der Waals surface area contributed by atoms with E-state index in [0.717, 1.165) is 5.56 Å². The molecule has 98 valence electrons. The molecule has 0 aliphatic carbocycles. The van der Waals surface area contributed by atoms with Crippen molar-refractivity contribution >= 4 is 29.1 Å². The predicted molar refractivity (Wildman–Crippen MR) is 74.3 cm³/mol. The molecule has 2 aromatic rings. The van der Waals surface area contributed by atoms with Crippen LogP contribution in [0.2, 0.25) is 10.0 Å². The maximum absolute atomic E-state index is 12.1. The first-order valence-corrected chi connectivity index (χ1v) is 6.29. The highest BCUT2D eigenvalue weighted by atomic mass is 35.5. The Hall–Kier alpha value is -1.65. The minimum absolute atomic E-state index is 0.195. The Balaban J connectivity index is 2.10. The van der Waals surface area contributed by atoms with Crippen molar-refractivity contribution in [3.8, 4) is 0 Å². The molecule has 1 amide bonds. The van der Waals surface area contributed by atoms with E-state index in [1.54, 1.807) is 24.1 Å². The van der Waals surface area contributed by atoms with Gasteiger partial charge in [0.2, 0.25) is 0 Å². The quantitative estimate of drug-likeness (QED) is 0.874. The van der Waals surface area contributed by atoms with Gasteiger partial charge < -0.3 is 4.90 Å². The summed E-state index contributed by atoms with van der Waals surface area (Å²) in [6.07, 6.45) is 4.45. The minimum Gasteiger partial charge on any atom is -0.336 e. The molecule has 6 heteroatoms. The molecule has 0 fully saturated rings. The fourth-order valence-corrected chi connectivity index (χ4v) is 1.91. The van der Waals surface area contributed by atoms with E-state index < -0.39 is 0 Å². The molecular formula is C13H11Cl2N3O. The van der Waals surface area contributed by atoms with Crippen LogP contribution in [0.5, 0.6) is 0 Å². The number of rotatable bonds is 3. The van der Waals surface area contributed by atoms with Crippen molar-refractivity contribution in [3.05, 3.63) is 58.1 Å². The van der Waals surface area contributed by atoms with Crippen molar-refractivity contribution in [2.75, 3.05) is 7.05 Å². The maximum atomic E-state index is 12.1. The number of benzene rings is 1. The van der Waals surface area contributed by atoms with Crippen molar-refractivity contribution < 1.29 is 4.79 Å². The summed E-state index contributed by atoms with van der Waals surface area (Å²) in [5.74, 6) is -0.195. The Morgan fingerprint density at radius 1 is 1.26 bits per heavy atom. The smallest absolute Gasteiger partial charge is 0.274 e. The zero-order valence-electron chi connectivity index (χ0n) is 10.2. The van der Waals surface area contributed by atoms with Gasteiger partial charge in [-0.15, -0.1) is 0 Å². The van der Waals surface area contributed by atoms with E-state index in [-0.39, 0.29) is 5.91 Å². The zero-order valence-corrected chi connectivity index (χ0v) is 11.7. The van der Waals surface area contributed by atoms with Gasteiger partial charge in [-0.1, -0.05) is 29.3 Å². The highest BCUT2D eigenvalue weighted by Crippen LogP contribution is 2.23. The number of hydrogen-bond acceptors (Lipinski definition) is 3. The molecule has 0 radical (unpaired) electrons. The van der Waals surface area contributed by atoms with Crippen molar-refractivity contribution in [2.24, 2.45) is 0 Å². The first kappa shape index (κ1) is 13.8. The molecule has 2 rings (SSSR count). The van der Waals surface area contributed by atoms with Crippen molar-refractivity contribution in [1.29, 1.82) is 0 Å². The lowest BCUT2D eigenvalue weighted by atomic mass is 10.2. The average Bonchev–Trinajstić information content (AvgIpc) is 2.43. The van der Waals surface area contributed by atoms with Crippen LogP contribution in [-0.4, -0.2) is 27.8 Å². The number of carbonyl (C=O) groups is 1. The molecule has 0 aliphatic rings. The van der Waals surface area contributed by atoms with Crippen molar-refractivity contribution in [3.63, 3.8) is 0 Å². The Bertz CT molecular complexity index is 590. The van der Waals surface area contributed by atoms with Gasteiger partial charge >= 0.3 is 0 Å². The van der Waals surface area contributed by atoms with Gasteiger partial charge in [-0.2, -0.15) is 0 Å². The van der Waals surface area contributed by atoms with E-state index in [1.807, 2.05) is 6.07 Å². The molecule has 1 aromatic heterocycles. The fraction of sp³-hybridized carbons (Fsp3) is 0.154. The fourth-order valence-electron chi connectivity index (χ4n) is 1.59. The molecule has 0 atom stereocenters. The first-order valence-electron chi connectivity index (χ1n) is 5.53. The number of hydrogen-bond donors (Lipinski definition) is 0. The molecule has 0 spiro atoms. The summed E-state index contributed by atoms with van der Waals surface area (Å²) in [4.78, 5) is 21.5. The SMILES string of the molecule is CN(Cc1ccc(Cl)c(Cl)c1)C(=O)c1cnccn1. The number of halogens is 2. The van der Waals surface area contributed by atoms with E-state index >= 15 is 0 Å². The van der Waals surface area contributed by atoms with Gasteiger partial charge in [0.15, 0.2) is 0 Å². The van der Waals surface area contributed by atoms with Crippen LogP contribution < -0.4 is 0 Å². The topological polar surface area (TPSA) is 46.1 Å². The van der Waals surface area contributed by atoms with Crippen molar-refractivity contribution in [2.45, 2.75) is 6.54 Å². The van der Waals surface area contributed by atoms with Crippen LogP contribution >= 0.6 is 23.2 Å².